The maximum atomic E-state index is 13.5. The lowest BCUT2D eigenvalue weighted by atomic mass is 10.0. The van der Waals surface area contributed by atoms with Crippen molar-refractivity contribution in [3.8, 4) is 5.75 Å². The number of hydrogen-bond acceptors (Lipinski definition) is 4. The molecule has 5 rings (SSSR count). The summed E-state index contributed by atoms with van der Waals surface area (Å²) in [6.07, 6.45) is 3.79. The molecule has 2 amide bonds. The Morgan fingerprint density at radius 2 is 1.77 bits per heavy atom. The third-order valence-electron chi connectivity index (χ3n) is 6.29. The van der Waals surface area contributed by atoms with Crippen molar-refractivity contribution in [2.45, 2.75) is 13.0 Å². The molecule has 0 bridgehead atoms. The van der Waals surface area contributed by atoms with Crippen molar-refractivity contribution in [3.05, 3.63) is 122 Å². The second kappa shape index (κ2) is 11.9. The summed E-state index contributed by atoms with van der Waals surface area (Å²) in [6.45, 7) is 4.23. The molecule has 9 heteroatoms. The van der Waals surface area contributed by atoms with Gasteiger partial charge in [-0.3, -0.25) is 19.8 Å². The highest BCUT2D eigenvalue weighted by Gasteiger charge is 2.35. The zero-order valence-electron chi connectivity index (χ0n) is 20.9. The average Bonchev–Trinajstić information content (AvgIpc) is 2.93. The van der Waals surface area contributed by atoms with Crippen LogP contribution in [0.2, 0.25) is 10.0 Å². The Hall–Kier alpha value is -3.49. The highest BCUT2D eigenvalue weighted by Crippen LogP contribution is 2.36. The predicted octanol–water partition coefficient (Wildman–Crippen LogP) is 8.05. The summed E-state index contributed by atoms with van der Waals surface area (Å²) < 4.78 is 6.92. The van der Waals surface area contributed by atoms with E-state index in [0.717, 1.165) is 26.8 Å². The van der Waals surface area contributed by atoms with E-state index in [-0.39, 0.29) is 26.4 Å². The quantitative estimate of drug-likeness (QED) is 0.0951. The summed E-state index contributed by atoms with van der Waals surface area (Å²) in [4.78, 5) is 27.5. The zero-order valence-corrected chi connectivity index (χ0v) is 24.8. The molecule has 5 nitrogen and oxygen atoms in total. The molecule has 0 unspecified atom stereocenters. The molecule has 0 atom stereocenters. The Morgan fingerprint density at radius 3 is 2.55 bits per heavy atom. The Kier molecular flexibility index (Phi) is 8.38. The van der Waals surface area contributed by atoms with Gasteiger partial charge in [-0.15, -0.1) is 6.58 Å². The number of thiocarbonyl (C=S) groups is 1. The van der Waals surface area contributed by atoms with Gasteiger partial charge >= 0.3 is 0 Å². The van der Waals surface area contributed by atoms with Gasteiger partial charge in [0.15, 0.2) is 5.11 Å². The van der Waals surface area contributed by atoms with Crippen molar-refractivity contribution >= 4 is 90.8 Å². The fourth-order valence-corrected chi connectivity index (χ4v) is 5.71. The molecule has 0 spiro atoms. The third kappa shape index (κ3) is 5.69. The fraction of sp³-hybridized carbons (Fsp3) is 0.0645. The minimum atomic E-state index is -0.615. The maximum Gasteiger partial charge on any atom is 0.270 e. The molecule has 200 valence electrons. The fourth-order valence-electron chi connectivity index (χ4n) is 4.42. The van der Waals surface area contributed by atoms with Crippen LogP contribution in [-0.2, 0) is 22.6 Å². The van der Waals surface area contributed by atoms with E-state index in [1.54, 1.807) is 30.3 Å². The highest BCUT2D eigenvalue weighted by molar-refractivity contribution is 9.10. The number of anilines is 1. The van der Waals surface area contributed by atoms with Gasteiger partial charge in [-0.05, 0) is 98.4 Å². The molecular weight excluding hydrogens is 631 g/mol. The first-order valence-electron chi connectivity index (χ1n) is 12.2. The van der Waals surface area contributed by atoms with Crippen LogP contribution in [-0.4, -0.2) is 16.9 Å². The van der Waals surface area contributed by atoms with Crippen molar-refractivity contribution in [2.75, 3.05) is 4.90 Å². The summed E-state index contributed by atoms with van der Waals surface area (Å²) in [5.74, 6) is -0.568. The van der Waals surface area contributed by atoms with E-state index < -0.39 is 11.8 Å². The van der Waals surface area contributed by atoms with Crippen LogP contribution in [0.25, 0.3) is 16.8 Å². The molecule has 0 saturated carbocycles. The molecule has 1 heterocycles. The molecule has 0 radical (unpaired) electrons. The van der Waals surface area contributed by atoms with E-state index in [1.807, 2.05) is 24.3 Å². The van der Waals surface area contributed by atoms with Crippen LogP contribution in [0.4, 0.5) is 5.69 Å². The van der Waals surface area contributed by atoms with E-state index >= 15 is 0 Å². The van der Waals surface area contributed by atoms with Gasteiger partial charge in [-0.1, -0.05) is 71.7 Å². The first-order valence-corrected chi connectivity index (χ1v) is 14.1. The molecule has 4 aromatic carbocycles. The zero-order chi connectivity index (χ0) is 28.4. The first kappa shape index (κ1) is 28.1. The second-order valence-corrected chi connectivity index (χ2v) is 11.0. The maximum absolute atomic E-state index is 13.5. The average molecular weight is 652 g/mol. The smallest absolute Gasteiger partial charge is 0.270 e. The number of amides is 2. The van der Waals surface area contributed by atoms with Crippen molar-refractivity contribution < 1.29 is 14.3 Å². The minimum absolute atomic E-state index is 0.0812. The van der Waals surface area contributed by atoms with E-state index in [9.17, 15) is 9.59 Å². The van der Waals surface area contributed by atoms with Gasteiger partial charge < -0.3 is 4.74 Å². The van der Waals surface area contributed by atoms with Gasteiger partial charge in [0, 0.05) is 0 Å². The van der Waals surface area contributed by atoms with Gasteiger partial charge in [-0.25, -0.2) is 0 Å². The molecule has 1 N–H and O–H groups in total. The van der Waals surface area contributed by atoms with Crippen LogP contribution >= 0.6 is 51.3 Å². The van der Waals surface area contributed by atoms with Gasteiger partial charge in [-0.2, -0.15) is 0 Å². The van der Waals surface area contributed by atoms with Gasteiger partial charge in [0.05, 0.1) is 20.2 Å². The lowest BCUT2D eigenvalue weighted by Crippen LogP contribution is -2.54. The Bertz CT molecular complexity index is 1740. The summed E-state index contributed by atoms with van der Waals surface area (Å²) in [5.41, 5.74) is 2.66. The van der Waals surface area contributed by atoms with Crippen molar-refractivity contribution in [1.29, 1.82) is 0 Å². The van der Waals surface area contributed by atoms with Crippen molar-refractivity contribution in [1.82, 2.24) is 5.32 Å². The number of ether oxygens (including phenoxy) is 1. The second-order valence-electron chi connectivity index (χ2n) is 8.98. The lowest BCUT2D eigenvalue weighted by Gasteiger charge is -2.29. The number of benzene rings is 4. The van der Waals surface area contributed by atoms with Crippen molar-refractivity contribution in [3.63, 3.8) is 0 Å². The highest BCUT2D eigenvalue weighted by atomic mass is 79.9. The van der Waals surface area contributed by atoms with Crippen molar-refractivity contribution in [2.24, 2.45) is 0 Å². The molecule has 1 aliphatic heterocycles. The molecule has 4 aromatic rings. The van der Waals surface area contributed by atoms with Gasteiger partial charge in [0.1, 0.15) is 17.9 Å². The molecular formula is C31H21BrCl2N2O3S. The third-order valence-corrected chi connectivity index (χ3v) is 7.97. The summed E-state index contributed by atoms with van der Waals surface area (Å²) >= 11 is 21.4. The normalized spacial score (nSPS) is 14.5. The molecule has 40 heavy (non-hydrogen) atoms. The summed E-state index contributed by atoms with van der Waals surface area (Å²) in [7, 11) is 0. The number of nitrogens with one attached hydrogen (secondary N) is 1. The number of nitrogens with zero attached hydrogens (tertiary/aromatic N) is 1. The summed E-state index contributed by atoms with van der Waals surface area (Å²) in [6, 6.07) is 22.9. The Balaban J connectivity index is 1.46. The first-order chi connectivity index (χ1) is 19.3. The number of carbonyl (C=O) groups excluding carboxylic acids is 2. The standard InChI is InChI=1S/C31H21BrCl2N2O3S/c1-2-6-22-14-19(16-24(32)28(22)39-17-18-11-12-20-7-3-4-8-21(20)13-18)15-23-29(37)35-31(40)36(30(23)38)26-10-5-9-25(33)27(26)34/h2-5,7-16H,1,6,17H2,(H,35,37,40)/b23-15+. The van der Waals surface area contributed by atoms with Gasteiger partial charge in [0.25, 0.3) is 11.8 Å². The molecule has 0 aliphatic carbocycles. The molecule has 1 saturated heterocycles. The predicted molar refractivity (Wildman–Crippen MR) is 169 cm³/mol. The topological polar surface area (TPSA) is 58.6 Å². The van der Waals surface area contributed by atoms with Crippen LogP contribution in [0.15, 0.2) is 95.5 Å². The van der Waals surface area contributed by atoms with E-state index in [1.165, 1.54) is 6.08 Å². The van der Waals surface area contributed by atoms with Crippen LogP contribution in [0.5, 0.6) is 5.75 Å². The Labute approximate surface area is 255 Å². The van der Waals surface area contributed by atoms with E-state index in [4.69, 9.17) is 40.2 Å². The van der Waals surface area contributed by atoms with Gasteiger partial charge in [0.2, 0.25) is 0 Å². The van der Waals surface area contributed by atoms with E-state index in [2.05, 4.69) is 52.1 Å². The summed E-state index contributed by atoms with van der Waals surface area (Å²) in [5, 5.41) is 5.20. The van der Waals surface area contributed by atoms with Crippen LogP contribution in [0, 0.1) is 0 Å². The van der Waals surface area contributed by atoms with E-state index in [0.29, 0.717) is 28.8 Å². The monoisotopic (exact) mass is 650 g/mol. The number of fused-ring (bicyclic) bond motifs is 1. The SMILES string of the molecule is C=CCc1cc(/C=C2\C(=O)NC(=S)N(c3cccc(Cl)c3Cl)C2=O)cc(Br)c1OCc1ccc2ccccc2c1. The molecule has 1 fully saturated rings. The Morgan fingerprint density at radius 1 is 1.00 bits per heavy atom. The number of hydrogen-bond donors (Lipinski definition) is 1. The molecule has 0 aromatic heterocycles. The number of allylic oxidation sites excluding steroid dienone is 1. The van der Waals surface area contributed by atoms with Crippen LogP contribution in [0.1, 0.15) is 16.7 Å². The number of halogens is 3. The number of carbonyl (C=O) groups is 2. The lowest BCUT2D eigenvalue weighted by molar-refractivity contribution is -0.122. The molecule has 1 aliphatic rings. The van der Waals surface area contributed by atoms with Crippen LogP contribution < -0.4 is 15.0 Å². The van der Waals surface area contributed by atoms with Crippen LogP contribution in [0.3, 0.4) is 0 Å². The number of rotatable bonds is 7. The minimum Gasteiger partial charge on any atom is -0.487 e. The largest absolute Gasteiger partial charge is 0.487 e.